The first kappa shape index (κ1) is 38.0. The van der Waals surface area contributed by atoms with Gasteiger partial charge in [-0.1, -0.05) is 176 Å². The number of fused-ring (bicyclic) bond motifs is 16. The Morgan fingerprint density at radius 3 is 1.46 bits per heavy atom. The normalized spacial score (nSPS) is 13.0. The van der Waals surface area contributed by atoms with E-state index >= 15 is 0 Å². The van der Waals surface area contributed by atoms with E-state index in [9.17, 15) is 0 Å². The topological polar surface area (TPSA) is 56.7 Å². The van der Waals surface area contributed by atoms with Crippen LogP contribution in [0.25, 0.3) is 117 Å². The molecule has 320 valence electrons. The quantitative estimate of drug-likeness (QED) is 0.173. The van der Waals surface area contributed by atoms with Gasteiger partial charge < -0.3 is 8.98 Å². The summed E-state index contributed by atoms with van der Waals surface area (Å²) in [5.41, 5.74) is 20.1. The van der Waals surface area contributed by atoms with Gasteiger partial charge >= 0.3 is 0 Å². The molecule has 0 atom stereocenters. The van der Waals surface area contributed by atoms with Gasteiger partial charge in [0.15, 0.2) is 17.5 Å². The Kier molecular flexibility index (Phi) is 7.93. The Balaban J connectivity index is 0.946. The lowest BCUT2D eigenvalue weighted by Crippen LogP contribution is -2.25. The van der Waals surface area contributed by atoms with Crippen molar-refractivity contribution in [1.82, 2.24) is 19.5 Å². The molecule has 10 aromatic carbocycles. The molecule has 0 radical (unpaired) electrons. The summed E-state index contributed by atoms with van der Waals surface area (Å²) in [7, 11) is 0. The Bertz CT molecular complexity index is 4140. The van der Waals surface area contributed by atoms with Crippen molar-refractivity contribution >= 4 is 43.7 Å². The summed E-state index contributed by atoms with van der Waals surface area (Å²) >= 11 is 0. The lowest BCUT2D eigenvalue weighted by atomic mass is 9.70. The van der Waals surface area contributed by atoms with Gasteiger partial charge in [-0.25, -0.2) is 15.0 Å². The molecule has 2 aliphatic rings. The van der Waals surface area contributed by atoms with Crippen molar-refractivity contribution in [1.29, 1.82) is 0 Å². The molecule has 69 heavy (non-hydrogen) atoms. The Hall–Kier alpha value is -9.19. The number of nitrogens with zero attached hydrogens (tertiary/aromatic N) is 4. The van der Waals surface area contributed by atoms with E-state index in [0.717, 1.165) is 61.0 Å². The van der Waals surface area contributed by atoms with Crippen LogP contribution in [0.2, 0.25) is 0 Å². The smallest absolute Gasteiger partial charge is 0.164 e. The van der Waals surface area contributed by atoms with Gasteiger partial charge in [-0.15, -0.1) is 0 Å². The summed E-state index contributed by atoms with van der Waals surface area (Å²) in [4.78, 5) is 15.2. The summed E-state index contributed by atoms with van der Waals surface area (Å²) in [6.45, 7) is 0. The molecule has 1 spiro atoms. The van der Waals surface area contributed by atoms with Crippen LogP contribution in [0.15, 0.2) is 235 Å². The van der Waals surface area contributed by atoms with Crippen LogP contribution in [0.1, 0.15) is 22.3 Å². The molecule has 0 saturated carbocycles. The summed E-state index contributed by atoms with van der Waals surface area (Å²) in [6, 6.07) is 82.8. The second-order valence-electron chi connectivity index (χ2n) is 18.2. The van der Waals surface area contributed by atoms with Crippen LogP contribution in [-0.4, -0.2) is 19.5 Å². The largest absolute Gasteiger partial charge is 0.456 e. The van der Waals surface area contributed by atoms with Crippen molar-refractivity contribution in [2.45, 2.75) is 5.41 Å². The maximum absolute atomic E-state index is 6.60. The average molecular weight is 879 g/mol. The Morgan fingerprint density at radius 1 is 0.319 bits per heavy atom. The first-order valence-corrected chi connectivity index (χ1v) is 23.5. The van der Waals surface area contributed by atoms with Gasteiger partial charge in [0.05, 0.1) is 16.4 Å². The monoisotopic (exact) mass is 878 g/mol. The fourth-order valence-corrected chi connectivity index (χ4v) is 11.8. The number of benzene rings is 10. The SMILES string of the molecule is c1ccc(-c2nc(-c3ccccc3)nc(-c3cccc4oc5ccc(-c6ccc7c(c6)c6cc8c(cc6n7-c6ccccc6)C6(c7ccccc7-c7ccccc76)c6ccccc6-8)cc5c34)n2)cc1. The number of para-hydroxylation sites is 1. The predicted molar refractivity (Wildman–Crippen MR) is 279 cm³/mol. The van der Waals surface area contributed by atoms with Gasteiger partial charge in [-0.3, -0.25) is 0 Å². The maximum Gasteiger partial charge on any atom is 0.164 e. The highest BCUT2D eigenvalue weighted by Gasteiger charge is 2.51. The highest BCUT2D eigenvalue weighted by atomic mass is 16.3. The van der Waals surface area contributed by atoms with Gasteiger partial charge in [0, 0.05) is 43.9 Å². The third-order valence-corrected chi connectivity index (χ3v) is 14.7. The molecule has 0 amide bonds. The fourth-order valence-electron chi connectivity index (χ4n) is 11.8. The van der Waals surface area contributed by atoms with Crippen molar-refractivity contribution in [3.8, 4) is 73.2 Å². The van der Waals surface area contributed by atoms with Gasteiger partial charge in [0.1, 0.15) is 11.2 Å². The number of furan rings is 1. The van der Waals surface area contributed by atoms with Crippen molar-refractivity contribution in [2.75, 3.05) is 0 Å². The average Bonchev–Trinajstić information content (AvgIpc) is 4.14. The molecule has 3 heterocycles. The third-order valence-electron chi connectivity index (χ3n) is 14.7. The van der Waals surface area contributed by atoms with Crippen LogP contribution >= 0.6 is 0 Å². The maximum atomic E-state index is 6.60. The lowest BCUT2D eigenvalue weighted by molar-refractivity contribution is 0.669. The van der Waals surface area contributed by atoms with E-state index in [0.29, 0.717) is 17.5 Å². The van der Waals surface area contributed by atoms with Crippen molar-refractivity contribution in [3.05, 3.63) is 253 Å². The van der Waals surface area contributed by atoms with Crippen LogP contribution in [0.4, 0.5) is 0 Å². The minimum atomic E-state index is -0.439. The molecule has 15 rings (SSSR count). The molecule has 5 nitrogen and oxygen atoms in total. The van der Waals surface area contributed by atoms with Gasteiger partial charge in [0.25, 0.3) is 0 Å². The van der Waals surface area contributed by atoms with Crippen LogP contribution in [0, 0.1) is 0 Å². The zero-order valence-corrected chi connectivity index (χ0v) is 37.1. The zero-order valence-electron chi connectivity index (χ0n) is 37.1. The molecule has 0 fully saturated rings. The second kappa shape index (κ2) is 14.4. The fraction of sp³-hybridized carbons (Fsp3) is 0.0156. The van der Waals surface area contributed by atoms with E-state index in [-0.39, 0.29) is 0 Å². The standard InChI is InChI=1S/C64H38N4O/c1-4-17-39(18-5-1)61-65-62(40-19-6-2-7-20-40)67-63(66-61)47-26-16-30-59-60(47)51-36-42(32-34-58(51)69-59)41-31-33-56-49(35-41)50-37-48-46-25-12-15-29-54(46)64(55(48)38-57(50)68(56)43-21-8-3-9-22-43)52-27-13-10-23-44(52)45-24-11-14-28-53(45)64/h1-38H. The van der Waals surface area contributed by atoms with Gasteiger partial charge in [-0.05, 0) is 110 Å². The van der Waals surface area contributed by atoms with Crippen LogP contribution in [-0.2, 0) is 5.41 Å². The number of hydrogen-bond acceptors (Lipinski definition) is 4. The highest BCUT2D eigenvalue weighted by Crippen LogP contribution is 2.63. The first-order valence-electron chi connectivity index (χ1n) is 23.5. The molecule has 0 bridgehead atoms. The summed E-state index contributed by atoms with van der Waals surface area (Å²) in [5.74, 6) is 1.84. The van der Waals surface area contributed by atoms with Crippen LogP contribution in [0.5, 0.6) is 0 Å². The molecular weight excluding hydrogens is 841 g/mol. The summed E-state index contributed by atoms with van der Waals surface area (Å²) in [5, 5.41) is 4.39. The number of hydrogen-bond donors (Lipinski definition) is 0. The predicted octanol–water partition coefficient (Wildman–Crippen LogP) is 15.9. The first-order chi connectivity index (χ1) is 34.2. The summed E-state index contributed by atoms with van der Waals surface area (Å²) < 4.78 is 9.05. The molecule has 0 aliphatic heterocycles. The molecule has 0 unspecified atom stereocenters. The van der Waals surface area contributed by atoms with Gasteiger partial charge in [-0.2, -0.15) is 0 Å². The minimum absolute atomic E-state index is 0.439. The molecule has 0 N–H and O–H groups in total. The van der Waals surface area contributed by atoms with Crippen molar-refractivity contribution < 1.29 is 4.42 Å². The van der Waals surface area contributed by atoms with E-state index < -0.39 is 5.41 Å². The molecule has 0 saturated heterocycles. The van der Waals surface area contributed by atoms with E-state index in [1.54, 1.807) is 0 Å². The molecule has 5 heteroatoms. The summed E-state index contributed by atoms with van der Waals surface area (Å²) in [6.07, 6.45) is 0. The van der Waals surface area contributed by atoms with Crippen molar-refractivity contribution in [3.63, 3.8) is 0 Å². The number of aromatic nitrogens is 4. The molecular formula is C64H38N4O. The minimum Gasteiger partial charge on any atom is -0.456 e. The Morgan fingerprint density at radius 2 is 0.826 bits per heavy atom. The molecule has 13 aromatic rings. The van der Waals surface area contributed by atoms with E-state index in [1.165, 1.54) is 60.8 Å². The van der Waals surface area contributed by atoms with Crippen LogP contribution in [0.3, 0.4) is 0 Å². The van der Waals surface area contributed by atoms with Gasteiger partial charge in [0.2, 0.25) is 0 Å². The number of rotatable bonds is 5. The molecule has 3 aromatic heterocycles. The Labute approximate surface area is 397 Å². The van der Waals surface area contributed by atoms with E-state index in [2.05, 4.69) is 162 Å². The van der Waals surface area contributed by atoms with E-state index in [4.69, 9.17) is 19.4 Å². The molecule has 2 aliphatic carbocycles. The van der Waals surface area contributed by atoms with E-state index in [1.807, 2.05) is 72.8 Å². The zero-order chi connectivity index (χ0) is 45.2. The van der Waals surface area contributed by atoms with Crippen molar-refractivity contribution in [2.24, 2.45) is 0 Å². The highest BCUT2D eigenvalue weighted by molar-refractivity contribution is 6.15. The van der Waals surface area contributed by atoms with Crippen LogP contribution < -0.4 is 0 Å². The lowest BCUT2D eigenvalue weighted by Gasteiger charge is -2.30. The second-order valence-corrected chi connectivity index (χ2v) is 18.2. The third kappa shape index (κ3) is 5.38.